The van der Waals surface area contributed by atoms with Crippen LogP contribution < -0.4 is 16.6 Å². The molecule has 132 valence electrons. The van der Waals surface area contributed by atoms with Crippen LogP contribution in [0.3, 0.4) is 0 Å². The molecule has 0 unspecified atom stereocenters. The highest BCUT2D eigenvalue weighted by molar-refractivity contribution is 5.71. The van der Waals surface area contributed by atoms with Gasteiger partial charge in [-0.1, -0.05) is 31.5 Å². The molecule has 0 amide bonds. The first-order chi connectivity index (χ1) is 12.2. The first-order valence-electron chi connectivity index (χ1n) is 8.66. The van der Waals surface area contributed by atoms with E-state index in [1.807, 2.05) is 41.8 Å². The number of hydrogen-bond acceptors (Lipinski definition) is 4. The van der Waals surface area contributed by atoms with Gasteiger partial charge in [0.1, 0.15) is 5.82 Å². The molecule has 3 aromatic rings. The molecule has 0 aliphatic carbocycles. The second-order valence-electron chi connectivity index (χ2n) is 5.93. The lowest BCUT2D eigenvalue weighted by Crippen LogP contribution is -2.31. The Morgan fingerprint density at radius 2 is 1.88 bits per heavy atom. The number of anilines is 1. The second kappa shape index (κ2) is 7.38. The van der Waals surface area contributed by atoms with E-state index in [2.05, 4.69) is 22.2 Å². The number of aromatic amines is 1. The standard InChI is InChI=1S/C18H23N5O2/c1-3-5-11-23-16-15(17(24)21-18(23)25)22(4-2)14(20-16)12-19-13-9-7-6-8-10-13/h6-10,19H,3-5,11-12H2,1-2H3,(H,21,24,25). The zero-order valence-corrected chi connectivity index (χ0v) is 14.6. The van der Waals surface area contributed by atoms with Gasteiger partial charge < -0.3 is 9.88 Å². The van der Waals surface area contributed by atoms with Crippen molar-refractivity contribution in [3.05, 3.63) is 57.0 Å². The van der Waals surface area contributed by atoms with E-state index >= 15 is 0 Å². The van der Waals surface area contributed by atoms with Crippen LogP contribution in [0.5, 0.6) is 0 Å². The molecule has 25 heavy (non-hydrogen) atoms. The minimum Gasteiger partial charge on any atom is -0.378 e. The molecule has 3 rings (SSSR count). The zero-order valence-electron chi connectivity index (χ0n) is 14.6. The number of nitrogens with zero attached hydrogens (tertiary/aromatic N) is 3. The van der Waals surface area contributed by atoms with Crippen LogP contribution in [0.15, 0.2) is 39.9 Å². The van der Waals surface area contributed by atoms with Crippen molar-refractivity contribution < 1.29 is 0 Å². The molecule has 0 spiro atoms. The highest BCUT2D eigenvalue weighted by Gasteiger charge is 2.17. The van der Waals surface area contributed by atoms with Crippen LogP contribution in [0, 0.1) is 0 Å². The van der Waals surface area contributed by atoms with E-state index in [0.717, 1.165) is 24.4 Å². The van der Waals surface area contributed by atoms with Gasteiger partial charge in [-0.3, -0.25) is 14.3 Å². The quantitative estimate of drug-likeness (QED) is 0.691. The van der Waals surface area contributed by atoms with Gasteiger partial charge in [0, 0.05) is 18.8 Å². The number of H-pyrrole nitrogens is 1. The number of aryl methyl sites for hydroxylation is 2. The van der Waals surface area contributed by atoms with Crippen molar-refractivity contribution in [3.8, 4) is 0 Å². The van der Waals surface area contributed by atoms with Crippen LogP contribution in [-0.4, -0.2) is 19.1 Å². The Hall–Kier alpha value is -2.83. The summed E-state index contributed by atoms with van der Waals surface area (Å²) in [5.74, 6) is 0.739. The van der Waals surface area contributed by atoms with E-state index < -0.39 is 5.69 Å². The Labute approximate surface area is 145 Å². The number of aromatic nitrogens is 4. The summed E-state index contributed by atoms with van der Waals surface area (Å²) >= 11 is 0. The fourth-order valence-corrected chi connectivity index (χ4v) is 2.95. The van der Waals surface area contributed by atoms with E-state index in [0.29, 0.717) is 30.8 Å². The number of nitrogens with one attached hydrogen (secondary N) is 2. The van der Waals surface area contributed by atoms with Crippen LogP contribution >= 0.6 is 0 Å². The van der Waals surface area contributed by atoms with E-state index in [1.165, 1.54) is 0 Å². The smallest absolute Gasteiger partial charge is 0.330 e. The second-order valence-corrected chi connectivity index (χ2v) is 5.93. The predicted octanol–water partition coefficient (Wildman–Crippen LogP) is 2.32. The van der Waals surface area contributed by atoms with Gasteiger partial charge in [0.2, 0.25) is 0 Å². The SMILES string of the molecule is CCCCn1c(=O)[nH]c(=O)c2c1nc(CNc1ccccc1)n2CC. The van der Waals surface area contributed by atoms with E-state index in [9.17, 15) is 9.59 Å². The number of benzene rings is 1. The topological polar surface area (TPSA) is 84.7 Å². The molecule has 7 heteroatoms. The predicted molar refractivity (Wildman–Crippen MR) is 99.0 cm³/mol. The fourth-order valence-electron chi connectivity index (χ4n) is 2.95. The summed E-state index contributed by atoms with van der Waals surface area (Å²) in [7, 11) is 0. The molecule has 2 N–H and O–H groups in total. The summed E-state index contributed by atoms with van der Waals surface area (Å²) in [6.45, 7) is 5.67. The summed E-state index contributed by atoms with van der Waals surface area (Å²) in [4.78, 5) is 31.6. The third-order valence-corrected chi connectivity index (χ3v) is 4.24. The maximum atomic E-state index is 12.3. The third-order valence-electron chi connectivity index (χ3n) is 4.24. The monoisotopic (exact) mass is 341 g/mol. The van der Waals surface area contributed by atoms with Crippen LogP contribution in [0.25, 0.3) is 11.2 Å². The average Bonchev–Trinajstić information content (AvgIpc) is 2.99. The molecule has 2 heterocycles. The van der Waals surface area contributed by atoms with Gasteiger partial charge in [-0.25, -0.2) is 9.78 Å². The van der Waals surface area contributed by atoms with Crippen LogP contribution in [-0.2, 0) is 19.6 Å². The Morgan fingerprint density at radius 3 is 2.56 bits per heavy atom. The maximum Gasteiger partial charge on any atom is 0.330 e. The molecular weight excluding hydrogens is 318 g/mol. The van der Waals surface area contributed by atoms with Gasteiger partial charge in [0.15, 0.2) is 11.2 Å². The third kappa shape index (κ3) is 3.35. The molecular formula is C18H23N5O2. The Balaban J connectivity index is 2.05. The van der Waals surface area contributed by atoms with Crippen molar-refractivity contribution in [2.24, 2.45) is 0 Å². The lowest BCUT2D eigenvalue weighted by atomic mass is 10.3. The van der Waals surface area contributed by atoms with E-state index in [4.69, 9.17) is 0 Å². The molecule has 7 nitrogen and oxygen atoms in total. The van der Waals surface area contributed by atoms with Crippen LogP contribution in [0.2, 0.25) is 0 Å². The van der Waals surface area contributed by atoms with E-state index in [-0.39, 0.29) is 5.56 Å². The van der Waals surface area contributed by atoms with Crippen molar-refractivity contribution in [2.75, 3.05) is 5.32 Å². The Kier molecular flexibility index (Phi) is 5.02. The lowest BCUT2D eigenvalue weighted by Gasteiger charge is -2.08. The van der Waals surface area contributed by atoms with Gasteiger partial charge in [-0.05, 0) is 25.5 Å². The number of hydrogen-bond donors (Lipinski definition) is 2. The number of rotatable bonds is 7. The lowest BCUT2D eigenvalue weighted by molar-refractivity contribution is 0.613. The minimum absolute atomic E-state index is 0.381. The number of imidazole rings is 1. The summed E-state index contributed by atoms with van der Waals surface area (Å²) in [6, 6.07) is 9.82. The van der Waals surface area contributed by atoms with Crippen molar-refractivity contribution in [2.45, 2.75) is 46.3 Å². The van der Waals surface area contributed by atoms with Gasteiger partial charge >= 0.3 is 5.69 Å². The number of unbranched alkanes of at least 4 members (excludes halogenated alkanes) is 1. The van der Waals surface area contributed by atoms with Crippen LogP contribution in [0.4, 0.5) is 5.69 Å². The number of para-hydroxylation sites is 1. The molecule has 0 saturated carbocycles. The van der Waals surface area contributed by atoms with Crippen molar-refractivity contribution in [3.63, 3.8) is 0 Å². The largest absolute Gasteiger partial charge is 0.378 e. The first-order valence-corrected chi connectivity index (χ1v) is 8.66. The average molecular weight is 341 g/mol. The molecule has 2 aromatic heterocycles. The molecule has 0 aliphatic heterocycles. The molecule has 0 fully saturated rings. The van der Waals surface area contributed by atoms with Gasteiger partial charge in [-0.2, -0.15) is 0 Å². The fraction of sp³-hybridized carbons (Fsp3) is 0.389. The zero-order chi connectivity index (χ0) is 17.8. The molecule has 0 aliphatic rings. The van der Waals surface area contributed by atoms with Crippen LogP contribution in [0.1, 0.15) is 32.5 Å². The highest BCUT2D eigenvalue weighted by atomic mass is 16.2. The van der Waals surface area contributed by atoms with Gasteiger partial charge in [0.25, 0.3) is 5.56 Å². The Morgan fingerprint density at radius 1 is 1.12 bits per heavy atom. The van der Waals surface area contributed by atoms with Crippen molar-refractivity contribution in [1.82, 2.24) is 19.1 Å². The summed E-state index contributed by atoms with van der Waals surface area (Å²) in [5, 5.41) is 3.31. The van der Waals surface area contributed by atoms with Crippen molar-refractivity contribution >= 4 is 16.9 Å². The molecule has 0 bridgehead atoms. The van der Waals surface area contributed by atoms with Gasteiger partial charge in [0.05, 0.1) is 6.54 Å². The minimum atomic E-state index is -0.394. The summed E-state index contributed by atoms with van der Waals surface area (Å²) < 4.78 is 3.43. The molecule has 1 aromatic carbocycles. The Bertz CT molecular complexity index is 969. The number of fused-ring (bicyclic) bond motifs is 1. The molecule has 0 saturated heterocycles. The summed E-state index contributed by atoms with van der Waals surface area (Å²) in [5.41, 5.74) is 1.13. The van der Waals surface area contributed by atoms with Gasteiger partial charge in [-0.15, -0.1) is 0 Å². The van der Waals surface area contributed by atoms with E-state index in [1.54, 1.807) is 4.57 Å². The normalized spacial score (nSPS) is 11.1. The van der Waals surface area contributed by atoms with Crippen molar-refractivity contribution in [1.29, 1.82) is 0 Å². The first kappa shape index (κ1) is 17.0. The summed E-state index contributed by atoms with van der Waals surface area (Å²) in [6.07, 6.45) is 1.82. The highest BCUT2D eigenvalue weighted by Crippen LogP contribution is 2.14. The molecule has 0 atom stereocenters. The maximum absolute atomic E-state index is 12.3. The molecule has 0 radical (unpaired) electrons.